The molecule has 8 nitrogen and oxygen atoms in total. The number of benzene rings is 7. The molecule has 0 aliphatic heterocycles. The second-order valence-corrected chi connectivity index (χ2v) is 14.9. The fourth-order valence-electron chi connectivity index (χ4n) is 7.96. The third-order valence-electron chi connectivity index (χ3n) is 10.9. The molecule has 0 saturated carbocycles. The highest BCUT2D eigenvalue weighted by molar-refractivity contribution is 6.17. The molecule has 7 aromatic carbocycles. The maximum absolute atomic E-state index is 13.6. The van der Waals surface area contributed by atoms with Gasteiger partial charge in [-0.3, -0.25) is 0 Å². The van der Waals surface area contributed by atoms with Crippen molar-refractivity contribution in [2.75, 3.05) is 39.5 Å². The van der Waals surface area contributed by atoms with Crippen LogP contribution in [0.15, 0.2) is 149 Å². The summed E-state index contributed by atoms with van der Waals surface area (Å²) in [6, 6.07) is 44.7. The van der Waals surface area contributed by atoms with Crippen LogP contribution in [-0.4, -0.2) is 56.3 Å². The number of nitrogens with zero attached hydrogens (tertiary/aromatic N) is 1. The topological polar surface area (TPSA) is 95.3 Å². The molecule has 0 unspecified atom stereocenters. The molecule has 0 saturated heterocycles. The Morgan fingerprint density at radius 2 is 0.915 bits per heavy atom. The standard InChI is InChI=1S/C51H47NO7/c53-47-26-24-36-23-25-41(35-46(36)59-47)56-31-13-28-52(29-14-32-58-51(55)49-44-21-9-5-17-39(44)34-40-18-6-10-22-45(40)49)27-11-1-2-12-30-57-50(54)48-42-19-7-3-15-37(42)33-38-16-4-8-20-43(38)48/h3-10,15-26,33-35H,1-2,11-14,27-32H2. The normalized spacial score (nSPS) is 11.5. The van der Waals surface area contributed by atoms with E-state index < -0.39 is 5.63 Å². The Kier molecular flexibility index (Phi) is 12.6. The third kappa shape index (κ3) is 9.46. The number of hydrogen-bond donors (Lipinski definition) is 0. The molecule has 0 radical (unpaired) electrons. The van der Waals surface area contributed by atoms with Crippen LogP contribution in [0.5, 0.6) is 5.75 Å². The van der Waals surface area contributed by atoms with Crippen molar-refractivity contribution in [3.8, 4) is 5.75 Å². The van der Waals surface area contributed by atoms with E-state index in [9.17, 15) is 14.4 Å². The van der Waals surface area contributed by atoms with Crippen LogP contribution in [-0.2, 0) is 9.47 Å². The number of ether oxygens (including phenoxy) is 3. The van der Waals surface area contributed by atoms with E-state index in [-0.39, 0.29) is 11.9 Å². The second kappa shape index (κ2) is 18.8. The zero-order valence-electron chi connectivity index (χ0n) is 33.1. The van der Waals surface area contributed by atoms with Crippen LogP contribution in [0.25, 0.3) is 54.1 Å². The van der Waals surface area contributed by atoms with Gasteiger partial charge in [0, 0.05) is 30.6 Å². The Hall–Kier alpha value is -6.51. The summed E-state index contributed by atoms with van der Waals surface area (Å²) in [4.78, 5) is 41.1. The molecule has 1 heterocycles. The number of esters is 2. The van der Waals surface area contributed by atoms with Gasteiger partial charge in [-0.2, -0.15) is 0 Å². The molecule has 8 heteroatoms. The molecule has 0 aliphatic rings. The molecule has 0 fully saturated rings. The molecule has 0 spiro atoms. The molecule has 0 bridgehead atoms. The van der Waals surface area contributed by atoms with Crippen molar-refractivity contribution in [1.29, 1.82) is 0 Å². The number of hydrogen-bond acceptors (Lipinski definition) is 8. The Morgan fingerprint density at radius 3 is 1.47 bits per heavy atom. The Labute approximate surface area is 342 Å². The molecule has 1 aromatic heterocycles. The van der Waals surface area contributed by atoms with Gasteiger partial charge in [-0.15, -0.1) is 0 Å². The molecular formula is C51H47NO7. The summed E-state index contributed by atoms with van der Waals surface area (Å²) in [6.07, 6.45) is 5.18. The minimum atomic E-state index is -0.392. The molecule has 0 amide bonds. The summed E-state index contributed by atoms with van der Waals surface area (Å²) in [5.41, 5.74) is 1.34. The quantitative estimate of drug-likeness (QED) is 0.0367. The highest BCUT2D eigenvalue weighted by Gasteiger charge is 2.18. The lowest BCUT2D eigenvalue weighted by Crippen LogP contribution is -2.29. The predicted molar refractivity (Wildman–Crippen MR) is 236 cm³/mol. The molecule has 0 atom stereocenters. The van der Waals surface area contributed by atoms with Crippen molar-refractivity contribution in [2.24, 2.45) is 0 Å². The fourth-order valence-corrected chi connectivity index (χ4v) is 7.96. The summed E-state index contributed by atoms with van der Waals surface area (Å²) < 4.78 is 23.1. The van der Waals surface area contributed by atoms with Gasteiger partial charge >= 0.3 is 17.6 Å². The lowest BCUT2D eigenvalue weighted by molar-refractivity contribution is 0.0483. The average molecular weight is 786 g/mol. The minimum Gasteiger partial charge on any atom is -0.493 e. The number of carbonyl (C=O) groups is 2. The van der Waals surface area contributed by atoms with Crippen LogP contribution in [0.2, 0.25) is 0 Å². The van der Waals surface area contributed by atoms with E-state index in [0.717, 1.165) is 100 Å². The summed E-state index contributed by atoms with van der Waals surface area (Å²) in [5, 5.41) is 8.50. The van der Waals surface area contributed by atoms with Crippen LogP contribution in [0.1, 0.15) is 59.2 Å². The van der Waals surface area contributed by atoms with Gasteiger partial charge in [0.1, 0.15) is 11.3 Å². The summed E-state index contributed by atoms with van der Waals surface area (Å²) in [6.45, 7) is 3.63. The summed E-state index contributed by atoms with van der Waals surface area (Å²) >= 11 is 0. The number of fused-ring (bicyclic) bond motifs is 5. The monoisotopic (exact) mass is 785 g/mol. The number of rotatable bonds is 18. The van der Waals surface area contributed by atoms with E-state index in [1.807, 2.05) is 109 Å². The van der Waals surface area contributed by atoms with Crippen molar-refractivity contribution < 1.29 is 28.2 Å². The van der Waals surface area contributed by atoms with Crippen LogP contribution in [0, 0.1) is 0 Å². The molecule has 298 valence electrons. The van der Waals surface area contributed by atoms with Crippen molar-refractivity contribution in [1.82, 2.24) is 4.90 Å². The predicted octanol–water partition coefficient (Wildman–Crippen LogP) is 11.1. The zero-order valence-corrected chi connectivity index (χ0v) is 33.1. The van der Waals surface area contributed by atoms with Crippen molar-refractivity contribution in [2.45, 2.75) is 38.5 Å². The van der Waals surface area contributed by atoms with Gasteiger partial charge < -0.3 is 23.5 Å². The van der Waals surface area contributed by atoms with Gasteiger partial charge in [0.05, 0.1) is 30.9 Å². The number of unbranched alkanes of at least 4 members (excludes halogenated alkanes) is 3. The summed E-state index contributed by atoms with van der Waals surface area (Å²) in [7, 11) is 0. The fraction of sp³-hybridized carbons (Fsp3) is 0.235. The highest BCUT2D eigenvalue weighted by Crippen LogP contribution is 2.31. The van der Waals surface area contributed by atoms with Gasteiger partial charge in [0.15, 0.2) is 0 Å². The second-order valence-electron chi connectivity index (χ2n) is 14.9. The van der Waals surface area contributed by atoms with E-state index in [2.05, 4.69) is 17.0 Å². The first kappa shape index (κ1) is 39.3. The number of carbonyl (C=O) groups excluding carboxylic acids is 2. The molecule has 0 aliphatic carbocycles. The van der Waals surface area contributed by atoms with Crippen LogP contribution in [0.3, 0.4) is 0 Å². The Bertz CT molecular complexity index is 2700. The first-order chi connectivity index (χ1) is 29.0. The van der Waals surface area contributed by atoms with E-state index in [1.165, 1.54) is 6.07 Å². The van der Waals surface area contributed by atoms with Gasteiger partial charge in [-0.25, -0.2) is 14.4 Å². The van der Waals surface area contributed by atoms with E-state index in [0.29, 0.717) is 48.7 Å². The molecule has 8 aromatic rings. The van der Waals surface area contributed by atoms with Crippen molar-refractivity contribution in [3.63, 3.8) is 0 Å². The maximum atomic E-state index is 13.6. The highest BCUT2D eigenvalue weighted by atomic mass is 16.5. The lowest BCUT2D eigenvalue weighted by atomic mass is 9.97. The van der Waals surface area contributed by atoms with Gasteiger partial charge in [0.2, 0.25) is 0 Å². The zero-order chi connectivity index (χ0) is 40.4. The van der Waals surface area contributed by atoms with Gasteiger partial charge in [-0.1, -0.05) is 110 Å². The SMILES string of the molecule is O=C(OCCCCCCN(CCCOC(=O)c1c2ccccc2cc2ccccc12)CCCOc1ccc2ccc(=O)oc2c1)c1c2ccccc2cc2ccccc12. The average Bonchev–Trinajstić information content (AvgIpc) is 3.26. The van der Waals surface area contributed by atoms with E-state index >= 15 is 0 Å². The van der Waals surface area contributed by atoms with Gasteiger partial charge in [-0.05, 0) is 106 Å². The van der Waals surface area contributed by atoms with Crippen molar-refractivity contribution >= 4 is 66.0 Å². The Morgan fingerprint density at radius 1 is 0.458 bits per heavy atom. The molecular weight excluding hydrogens is 739 g/mol. The van der Waals surface area contributed by atoms with Crippen LogP contribution >= 0.6 is 0 Å². The largest absolute Gasteiger partial charge is 0.493 e. The van der Waals surface area contributed by atoms with Crippen molar-refractivity contribution in [3.05, 3.63) is 161 Å². The van der Waals surface area contributed by atoms with Crippen LogP contribution < -0.4 is 10.4 Å². The first-order valence-electron chi connectivity index (χ1n) is 20.6. The smallest absolute Gasteiger partial charge is 0.339 e. The molecule has 8 rings (SSSR count). The maximum Gasteiger partial charge on any atom is 0.339 e. The van der Waals surface area contributed by atoms with E-state index in [4.69, 9.17) is 18.6 Å². The first-order valence-corrected chi connectivity index (χ1v) is 20.6. The third-order valence-corrected chi connectivity index (χ3v) is 10.9. The Balaban J connectivity index is 0.837. The lowest BCUT2D eigenvalue weighted by Gasteiger charge is -2.22. The van der Waals surface area contributed by atoms with Crippen LogP contribution in [0.4, 0.5) is 0 Å². The minimum absolute atomic E-state index is 0.283. The van der Waals surface area contributed by atoms with Gasteiger partial charge in [0.25, 0.3) is 0 Å². The van der Waals surface area contributed by atoms with E-state index in [1.54, 1.807) is 12.1 Å². The molecule has 59 heavy (non-hydrogen) atoms. The molecule has 0 N–H and O–H groups in total. The summed E-state index contributed by atoms with van der Waals surface area (Å²) in [5.74, 6) is 0.0630.